The second-order valence-electron chi connectivity index (χ2n) is 34.2. The predicted octanol–water partition coefficient (Wildman–Crippen LogP) is 13.2. The Labute approximate surface area is 776 Å². The van der Waals surface area contributed by atoms with E-state index in [9.17, 15) is 48.5 Å². The van der Waals surface area contributed by atoms with Crippen molar-refractivity contribution in [2.24, 2.45) is 59.5 Å². The van der Waals surface area contributed by atoms with Gasteiger partial charge in [-0.25, -0.2) is 29.4 Å². The number of fused-ring (bicyclic) bond motifs is 1. The molecule has 18 rings (SSSR count). The quantitative estimate of drug-likeness (QED) is 0.0589. The van der Waals surface area contributed by atoms with Crippen LogP contribution in [0.3, 0.4) is 0 Å². The maximum Gasteiger partial charge on any atom is 0.266 e. The summed E-state index contributed by atoms with van der Waals surface area (Å²) in [6.07, 6.45) is 8.85. The molecule has 674 valence electrons. The lowest BCUT2D eigenvalue weighted by Gasteiger charge is -2.41. The molecule has 32 heteroatoms. The van der Waals surface area contributed by atoms with Crippen LogP contribution in [0.1, 0.15) is 156 Å². The van der Waals surface area contributed by atoms with E-state index in [1.807, 2.05) is 186 Å². The predicted molar refractivity (Wildman–Crippen MR) is 511 cm³/mol. The van der Waals surface area contributed by atoms with E-state index in [2.05, 4.69) is 59.6 Å². The van der Waals surface area contributed by atoms with E-state index < -0.39 is 45.3 Å². The van der Waals surface area contributed by atoms with Crippen LogP contribution in [-0.4, -0.2) is 162 Å². The molecule has 11 N–H and O–H groups in total. The summed E-state index contributed by atoms with van der Waals surface area (Å²) < 4.78 is 20.1. The average molecular weight is 1860 g/mol. The highest BCUT2D eigenvalue weighted by Gasteiger charge is 2.53. The van der Waals surface area contributed by atoms with E-state index in [1.54, 1.807) is 91.4 Å². The number of nitriles is 3. The molecule has 8 aromatic carbocycles. The molecule has 0 unspecified atom stereocenters. The smallest absolute Gasteiger partial charge is 0.266 e. The van der Waals surface area contributed by atoms with Gasteiger partial charge in [-0.1, -0.05) is 134 Å². The molecule has 3 saturated heterocycles. The molecule has 132 heavy (non-hydrogen) atoms. The third-order valence-electron chi connectivity index (χ3n) is 25.6. The number of nitrogens with zero attached hydrogens (tertiary/aromatic N) is 15. The van der Waals surface area contributed by atoms with E-state index in [-0.39, 0.29) is 77.2 Å². The maximum atomic E-state index is 13.6. The molecule has 0 spiro atoms. The topological polar surface area (TPSA) is 430 Å². The zero-order valence-corrected chi connectivity index (χ0v) is 76.8. The van der Waals surface area contributed by atoms with Crippen LogP contribution in [-0.2, 0) is 66.0 Å². The second-order valence-corrected chi connectivity index (χ2v) is 36.1. The van der Waals surface area contributed by atoms with Gasteiger partial charge in [-0.3, -0.25) is 58.1 Å². The highest BCUT2D eigenvalue weighted by Crippen LogP contribution is 2.49. The zero-order valence-electron chi connectivity index (χ0n) is 74.4. The van der Waals surface area contributed by atoms with Crippen LogP contribution in [0.25, 0.3) is 28.1 Å². The number of aromatic amines is 1. The number of carbonyl (C=O) groups is 7. The van der Waals surface area contributed by atoms with Crippen molar-refractivity contribution in [2.75, 3.05) is 70.8 Å². The molecule has 10 heterocycles. The van der Waals surface area contributed by atoms with Gasteiger partial charge in [0.05, 0.1) is 59.0 Å². The molecule has 0 bridgehead atoms. The minimum Gasteiger partial charge on any atom is -0.381 e. The highest BCUT2D eigenvalue weighted by molar-refractivity contribution is 9.10. The molecular weight excluding hydrogens is 1750 g/mol. The molecule has 0 aliphatic carbocycles. The Hall–Kier alpha value is -14.8. The summed E-state index contributed by atoms with van der Waals surface area (Å²) in [6, 6.07) is 67.1. The molecule has 0 saturated carbocycles. The number of thiophene rings is 1. The fraction of sp³-hybridized carbons (Fsp3) is 0.290. The number of nitrogens with two attached hydrogens (primary N) is 5. The molecule has 3 fully saturated rings. The molecule has 29 nitrogen and oxygen atoms in total. The summed E-state index contributed by atoms with van der Waals surface area (Å²) in [5, 5.41) is 28.8. The van der Waals surface area contributed by atoms with Gasteiger partial charge in [0.1, 0.15) is 28.5 Å². The zero-order chi connectivity index (χ0) is 94.5. The number of hydrogen-bond acceptors (Lipinski definition) is 22. The number of benzene rings is 8. The lowest BCUT2D eigenvalue weighted by atomic mass is 9.74. The van der Waals surface area contributed by atoms with Crippen molar-refractivity contribution in [3.8, 4) is 29.3 Å². The van der Waals surface area contributed by atoms with Crippen molar-refractivity contribution < 1.29 is 42.7 Å². The van der Waals surface area contributed by atoms with Crippen molar-refractivity contribution in [1.29, 1.82) is 15.8 Å². The van der Waals surface area contributed by atoms with Gasteiger partial charge in [0.15, 0.2) is 35.3 Å². The van der Waals surface area contributed by atoms with Gasteiger partial charge in [-0.2, -0.15) is 15.8 Å². The molecule has 0 radical (unpaired) electrons. The molecule has 6 atom stereocenters. The first-order valence-electron chi connectivity index (χ1n) is 43.0. The number of guanidine groups is 5. The maximum absolute atomic E-state index is 13.6. The molecule has 2 aromatic heterocycles. The van der Waals surface area contributed by atoms with Crippen LogP contribution in [0.2, 0.25) is 0 Å². The molecule has 7 amide bonds. The van der Waals surface area contributed by atoms with Gasteiger partial charge >= 0.3 is 0 Å². The fourth-order valence-corrected chi connectivity index (χ4v) is 19.4. The average Bonchev–Trinajstić information content (AvgIpc) is 1.39. The van der Waals surface area contributed by atoms with E-state index in [4.69, 9.17) is 43.7 Å². The number of carbonyl (C=O) groups excluding carboxylic acids is 7. The number of nitrogens with one attached hydrogen (secondary N) is 1. The monoisotopic (exact) mass is 1850 g/mol. The molecule has 8 aliphatic heterocycles. The number of ether oxygens (including phenoxy) is 1. The van der Waals surface area contributed by atoms with E-state index in [0.717, 1.165) is 120 Å². The van der Waals surface area contributed by atoms with E-state index in [0.29, 0.717) is 67.5 Å². The summed E-state index contributed by atoms with van der Waals surface area (Å²) in [6.45, 7) is 14.9. The number of H-pyrrole nitrogens is 1. The largest absolute Gasteiger partial charge is 0.381 e. The van der Waals surface area contributed by atoms with Crippen LogP contribution in [0.15, 0.2) is 242 Å². The normalized spacial score (nSPS) is 22.3. The van der Waals surface area contributed by atoms with Gasteiger partial charge < -0.3 is 48.2 Å². The van der Waals surface area contributed by atoms with Crippen molar-refractivity contribution in [1.82, 2.24) is 29.5 Å². The molecular formula is C100H101BrFN21O8S. The molecule has 8 aliphatic rings. The Morgan fingerprint density at radius 3 is 1.47 bits per heavy atom. The first-order valence-corrected chi connectivity index (χ1v) is 44.6. The lowest BCUT2D eigenvalue weighted by molar-refractivity contribution is -0.131. The van der Waals surface area contributed by atoms with Gasteiger partial charge in [-0.15, -0.1) is 11.3 Å². The van der Waals surface area contributed by atoms with Gasteiger partial charge in [0.25, 0.3) is 5.91 Å². The Kier molecular flexibility index (Phi) is 27.2. The van der Waals surface area contributed by atoms with E-state index >= 15 is 0 Å². The third kappa shape index (κ3) is 18.5. The lowest BCUT2D eigenvalue weighted by Crippen LogP contribution is -2.52. The number of hydrogen-bond donors (Lipinski definition) is 6. The highest BCUT2D eigenvalue weighted by atomic mass is 79.9. The Morgan fingerprint density at radius 2 is 1.01 bits per heavy atom. The minimum atomic E-state index is -1.10. The number of halogens is 2. The van der Waals surface area contributed by atoms with Gasteiger partial charge in [0.2, 0.25) is 35.4 Å². The number of amides is 7. The van der Waals surface area contributed by atoms with Crippen molar-refractivity contribution >= 4 is 127 Å². The van der Waals surface area contributed by atoms with Crippen molar-refractivity contribution in [2.45, 2.75) is 119 Å². The van der Waals surface area contributed by atoms with Gasteiger partial charge in [-0.05, 0) is 199 Å². The number of rotatable bonds is 14. The Balaban J connectivity index is 0.000000134. The summed E-state index contributed by atoms with van der Waals surface area (Å²) in [7, 11) is 6.46. The first-order chi connectivity index (χ1) is 63.1. The summed E-state index contributed by atoms with van der Waals surface area (Å²) >= 11 is 4.96. The first kappa shape index (κ1) is 93.4. The van der Waals surface area contributed by atoms with Crippen LogP contribution >= 0.6 is 27.3 Å². The van der Waals surface area contributed by atoms with Gasteiger partial charge in [0, 0.05) is 122 Å². The van der Waals surface area contributed by atoms with Crippen LogP contribution < -0.4 is 38.5 Å². The third-order valence-corrected chi connectivity index (χ3v) is 27.6. The standard InChI is InChI=1S/2C23H23N5O2.C21H23N3O2.C19H17FN4OS.C14H15BrN4O/c2*1-23(17-6-3-5-15(13-17)14-24)20(21(30)27(2)22(25)26-23)16-8-10-18(11-9-16)28-12-4-7-19(28)29;22-20-23-21(17-7-3-1-4-8-17,18-9-5-2-6-10-18)19(25)24(20)15-16-11-13-26-14-12-16;1-4-15-13(11-5-6-14(20)12(7-11)10-21)8-16(26-15)19(2)9-17(25)24(3)18(22)23-19;1-14(6-12(20)19(2)13(16)18-14)8-3-4-11-9(5-8)10(15)7-17-11/h2*3,5-6,8-11,13,20H,4,7,12H2,1-2H3,(H2,25,26);1-10,16H,11-15H2,(H2,22,23);4-8H,1,9H2,2-3H3,(H2,22,23);3-5,7,17H,6H2,1-2H3,(H2,16,18)/t20-,23+;20-,23-;;19-;14-/m01.00/s1. The Morgan fingerprint density at radius 1 is 0.530 bits per heavy atom. The summed E-state index contributed by atoms with van der Waals surface area (Å²) in [4.78, 5) is 127. The van der Waals surface area contributed by atoms with E-state index in [1.165, 1.54) is 43.1 Å². The SMILES string of the molecule is C=Cc1sc([C@]2(C)CC(=O)N(C)C(N)=N2)cc1-c1ccc(F)c(C#N)c1.CN1C(=O)C[C@@](C)(c2ccc3[nH]cc(Br)c3c2)N=C1N.CN1C(=O)[C@@H](c2ccc(N3CCCC3=O)cc2)[C@@](C)(c2cccc(C#N)c2)N=C1N.CN1C(=O)[C@H](c2ccc(N3CCCC3=O)cc2)[C@@](C)(c2cccc(C#N)c2)N=C1N.NC1=NC(c2ccccc2)(c2ccccc2)C(=O)N1CC1CCOCC1. The summed E-state index contributed by atoms with van der Waals surface area (Å²) in [5.41, 5.74) is 36.6. The van der Waals surface area contributed by atoms with Crippen LogP contribution in [0.5, 0.6) is 0 Å². The minimum absolute atomic E-state index is 0.0202. The summed E-state index contributed by atoms with van der Waals surface area (Å²) in [5.74, 6) is -0.691. The van der Waals surface area contributed by atoms with Crippen molar-refractivity contribution in [3.05, 3.63) is 289 Å². The number of aromatic nitrogens is 1. The van der Waals surface area contributed by atoms with Crippen molar-refractivity contribution in [3.63, 3.8) is 0 Å². The second kappa shape index (κ2) is 38.5. The Bertz CT molecular complexity index is 6280. The number of likely N-dealkylation sites (N-methyl/N-ethyl adjacent to an activating group) is 2. The number of aliphatic imine (C=N–C) groups is 5. The number of anilines is 2. The molecule has 10 aromatic rings. The fourth-order valence-electron chi connectivity index (χ4n) is 17.8. The van der Waals surface area contributed by atoms with Crippen LogP contribution in [0.4, 0.5) is 15.8 Å². The van der Waals surface area contributed by atoms with Crippen LogP contribution in [0, 0.1) is 45.7 Å².